The first-order valence-corrected chi connectivity index (χ1v) is 8.49. The number of piperidine rings is 1. The molecule has 0 atom stereocenters. The Hall–Kier alpha value is -2.40. The lowest BCUT2D eigenvalue weighted by Gasteiger charge is -2.22. The van der Waals surface area contributed by atoms with Gasteiger partial charge in [0.15, 0.2) is 0 Å². The van der Waals surface area contributed by atoms with Crippen LogP contribution in [0, 0.1) is 5.92 Å². The van der Waals surface area contributed by atoms with E-state index in [1.165, 1.54) is 12.8 Å². The normalized spacial score (nSPS) is 15.0. The van der Waals surface area contributed by atoms with E-state index in [9.17, 15) is 4.79 Å². The molecule has 1 aliphatic rings. The molecule has 1 aliphatic heterocycles. The van der Waals surface area contributed by atoms with E-state index in [0.29, 0.717) is 24.0 Å². The number of carbonyl (C=O) groups excluding carboxylic acids is 1. The number of pyridine rings is 1. The van der Waals surface area contributed by atoms with Gasteiger partial charge >= 0.3 is 0 Å². The zero-order valence-corrected chi connectivity index (χ0v) is 13.7. The summed E-state index contributed by atoms with van der Waals surface area (Å²) in [6.45, 7) is 2.15. The minimum absolute atomic E-state index is 0.0759. The summed E-state index contributed by atoms with van der Waals surface area (Å²) in [7, 11) is 0. The monoisotopic (exact) mass is 325 g/mol. The van der Waals surface area contributed by atoms with Crippen molar-refractivity contribution < 1.29 is 9.53 Å². The first-order chi connectivity index (χ1) is 11.8. The topological polar surface area (TPSA) is 63.2 Å². The maximum atomic E-state index is 12.1. The van der Waals surface area contributed by atoms with Crippen LogP contribution in [-0.4, -0.2) is 24.0 Å². The molecule has 0 aliphatic carbocycles. The van der Waals surface area contributed by atoms with Gasteiger partial charge in [-0.1, -0.05) is 6.07 Å². The van der Waals surface area contributed by atoms with Gasteiger partial charge in [-0.25, -0.2) is 4.98 Å². The van der Waals surface area contributed by atoms with Gasteiger partial charge in [0, 0.05) is 24.4 Å². The van der Waals surface area contributed by atoms with Crippen LogP contribution >= 0.6 is 0 Å². The van der Waals surface area contributed by atoms with Gasteiger partial charge in [0.2, 0.25) is 11.8 Å². The molecule has 5 heteroatoms. The Morgan fingerprint density at radius 2 is 1.96 bits per heavy atom. The molecule has 3 rings (SSSR count). The van der Waals surface area contributed by atoms with Gasteiger partial charge in [-0.05, 0) is 68.6 Å². The molecule has 5 nitrogen and oxygen atoms in total. The van der Waals surface area contributed by atoms with Crippen LogP contribution in [0.15, 0.2) is 48.7 Å². The number of benzene rings is 1. The molecule has 1 fully saturated rings. The molecular formula is C19H23N3O2. The molecule has 0 bridgehead atoms. The fourth-order valence-electron chi connectivity index (χ4n) is 2.86. The second-order valence-electron chi connectivity index (χ2n) is 6.07. The molecule has 0 radical (unpaired) electrons. The summed E-state index contributed by atoms with van der Waals surface area (Å²) in [4.78, 5) is 16.2. The standard InChI is InChI=1S/C19H23N3O2/c23-18(9-4-15-10-13-20-14-11-15)22-16-5-7-17(8-6-16)24-19-3-1-2-12-21-19/h1-3,5-8,12,15,20H,4,9-11,13-14H2,(H,22,23). The maximum absolute atomic E-state index is 12.1. The van der Waals surface area contributed by atoms with Crippen molar-refractivity contribution in [1.29, 1.82) is 0 Å². The van der Waals surface area contributed by atoms with Crippen LogP contribution in [0.4, 0.5) is 5.69 Å². The minimum Gasteiger partial charge on any atom is -0.439 e. The Morgan fingerprint density at radius 3 is 2.67 bits per heavy atom. The lowest BCUT2D eigenvalue weighted by molar-refractivity contribution is -0.116. The summed E-state index contributed by atoms with van der Waals surface area (Å²) in [5.74, 6) is 2.00. The van der Waals surface area contributed by atoms with E-state index < -0.39 is 0 Å². The molecular weight excluding hydrogens is 302 g/mol. The lowest BCUT2D eigenvalue weighted by Crippen LogP contribution is -2.28. The van der Waals surface area contributed by atoms with Crippen LogP contribution in [-0.2, 0) is 4.79 Å². The van der Waals surface area contributed by atoms with Crippen molar-refractivity contribution in [2.45, 2.75) is 25.7 Å². The van der Waals surface area contributed by atoms with Crippen molar-refractivity contribution >= 4 is 11.6 Å². The predicted molar refractivity (Wildman–Crippen MR) is 94.2 cm³/mol. The number of anilines is 1. The van der Waals surface area contributed by atoms with Crippen LogP contribution < -0.4 is 15.4 Å². The highest BCUT2D eigenvalue weighted by Gasteiger charge is 2.14. The fraction of sp³-hybridized carbons (Fsp3) is 0.368. The van der Waals surface area contributed by atoms with Crippen LogP contribution in [0.25, 0.3) is 0 Å². The number of nitrogens with one attached hydrogen (secondary N) is 2. The van der Waals surface area contributed by atoms with Crippen molar-refractivity contribution in [1.82, 2.24) is 10.3 Å². The summed E-state index contributed by atoms with van der Waals surface area (Å²) in [6, 6.07) is 12.9. The molecule has 0 unspecified atom stereocenters. The zero-order valence-electron chi connectivity index (χ0n) is 13.7. The molecule has 1 aromatic heterocycles. The number of amides is 1. The molecule has 0 spiro atoms. The largest absolute Gasteiger partial charge is 0.439 e. The fourth-order valence-corrected chi connectivity index (χ4v) is 2.86. The number of carbonyl (C=O) groups is 1. The SMILES string of the molecule is O=C(CCC1CCNCC1)Nc1ccc(Oc2ccccn2)cc1. The van der Waals surface area contributed by atoms with Crippen LogP contribution in [0.2, 0.25) is 0 Å². The van der Waals surface area contributed by atoms with Gasteiger partial charge in [-0.2, -0.15) is 0 Å². The number of rotatable bonds is 6. The van der Waals surface area contributed by atoms with E-state index >= 15 is 0 Å². The summed E-state index contributed by atoms with van der Waals surface area (Å²) >= 11 is 0. The van der Waals surface area contributed by atoms with Crippen LogP contribution in [0.5, 0.6) is 11.6 Å². The third-order valence-electron chi connectivity index (χ3n) is 4.24. The molecule has 2 aromatic rings. The van der Waals surface area contributed by atoms with Crippen molar-refractivity contribution in [3.05, 3.63) is 48.7 Å². The average molecular weight is 325 g/mol. The summed E-state index contributed by atoms with van der Waals surface area (Å²) in [5.41, 5.74) is 0.790. The summed E-state index contributed by atoms with van der Waals surface area (Å²) in [6.07, 6.45) is 5.58. The second kappa shape index (κ2) is 8.45. The highest BCUT2D eigenvalue weighted by atomic mass is 16.5. The van der Waals surface area contributed by atoms with E-state index in [4.69, 9.17) is 4.74 Å². The predicted octanol–water partition coefficient (Wildman–Crippen LogP) is 3.59. The van der Waals surface area contributed by atoms with Gasteiger partial charge in [-0.15, -0.1) is 0 Å². The maximum Gasteiger partial charge on any atom is 0.224 e. The molecule has 2 N–H and O–H groups in total. The number of aromatic nitrogens is 1. The van der Waals surface area contributed by atoms with Gasteiger partial charge in [0.05, 0.1) is 0 Å². The Morgan fingerprint density at radius 1 is 1.17 bits per heavy atom. The van der Waals surface area contributed by atoms with Crippen molar-refractivity contribution in [3.8, 4) is 11.6 Å². The Kier molecular flexibility index (Phi) is 5.80. The Balaban J connectivity index is 1.45. The lowest BCUT2D eigenvalue weighted by atomic mass is 9.93. The van der Waals surface area contributed by atoms with Crippen LogP contribution in [0.1, 0.15) is 25.7 Å². The molecule has 24 heavy (non-hydrogen) atoms. The molecule has 1 saturated heterocycles. The van der Waals surface area contributed by atoms with E-state index in [-0.39, 0.29) is 5.91 Å². The second-order valence-corrected chi connectivity index (χ2v) is 6.07. The van der Waals surface area contributed by atoms with E-state index in [1.807, 2.05) is 36.4 Å². The zero-order chi connectivity index (χ0) is 16.6. The summed E-state index contributed by atoms with van der Waals surface area (Å²) in [5, 5.41) is 6.29. The highest BCUT2D eigenvalue weighted by molar-refractivity contribution is 5.90. The molecule has 2 heterocycles. The van der Waals surface area contributed by atoms with Crippen molar-refractivity contribution in [2.24, 2.45) is 5.92 Å². The molecule has 1 amide bonds. The highest BCUT2D eigenvalue weighted by Crippen LogP contribution is 2.22. The first kappa shape index (κ1) is 16.5. The van der Waals surface area contributed by atoms with Crippen molar-refractivity contribution in [3.63, 3.8) is 0 Å². The Bertz CT molecular complexity index is 637. The van der Waals surface area contributed by atoms with Crippen molar-refractivity contribution in [2.75, 3.05) is 18.4 Å². The molecule has 0 saturated carbocycles. The third-order valence-corrected chi connectivity index (χ3v) is 4.24. The smallest absolute Gasteiger partial charge is 0.224 e. The average Bonchev–Trinajstić information content (AvgIpc) is 2.63. The summed E-state index contributed by atoms with van der Waals surface area (Å²) < 4.78 is 5.64. The number of nitrogens with zero attached hydrogens (tertiary/aromatic N) is 1. The van der Waals surface area contributed by atoms with Crippen LogP contribution in [0.3, 0.4) is 0 Å². The van der Waals surface area contributed by atoms with Gasteiger partial charge in [0.1, 0.15) is 5.75 Å². The van der Waals surface area contributed by atoms with E-state index in [0.717, 1.165) is 25.2 Å². The molecule has 1 aromatic carbocycles. The quantitative estimate of drug-likeness (QED) is 0.852. The number of hydrogen-bond donors (Lipinski definition) is 2. The van der Waals surface area contributed by atoms with E-state index in [2.05, 4.69) is 15.6 Å². The van der Waals surface area contributed by atoms with Gasteiger partial charge in [-0.3, -0.25) is 4.79 Å². The minimum atomic E-state index is 0.0759. The first-order valence-electron chi connectivity index (χ1n) is 8.49. The Labute approximate surface area is 142 Å². The molecule has 126 valence electrons. The third kappa shape index (κ3) is 5.06. The van der Waals surface area contributed by atoms with Gasteiger partial charge in [0.25, 0.3) is 0 Å². The van der Waals surface area contributed by atoms with Gasteiger partial charge < -0.3 is 15.4 Å². The number of ether oxygens (including phenoxy) is 1. The van der Waals surface area contributed by atoms with E-state index in [1.54, 1.807) is 12.3 Å². The number of hydrogen-bond acceptors (Lipinski definition) is 4.